The van der Waals surface area contributed by atoms with Gasteiger partial charge in [0.05, 0.1) is 4.90 Å². The van der Waals surface area contributed by atoms with Crippen molar-refractivity contribution in [1.29, 1.82) is 0 Å². The zero-order chi connectivity index (χ0) is 12.6. The third-order valence-electron chi connectivity index (χ3n) is 2.38. The van der Waals surface area contributed by atoms with E-state index in [-0.39, 0.29) is 4.90 Å². The lowest BCUT2D eigenvalue weighted by Crippen LogP contribution is -2.40. The smallest absolute Gasteiger partial charge is 0.324 e. The first-order valence-electron chi connectivity index (χ1n) is 4.60. The first-order chi connectivity index (χ1) is 7.19. The van der Waals surface area contributed by atoms with E-state index in [4.69, 9.17) is 5.11 Å². The van der Waals surface area contributed by atoms with Crippen LogP contribution in [0.5, 0.6) is 0 Å². The number of carboxylic acid groups (broad SMARTS) is 1. The Balaban J connectivity index is 3.33. The monoisotopic (exact) mass is 243 g/mol. The average molecular weight is 243 g/mol. The highest BCUT2D eigenvalue weighted by Crippen LogP contribution is 2.25. The number of aromatic nitrogens is 1. The fraction of sp³-hybridized carbons (Fsp3) is 0.400. The molecule has 0 aliphatic carbocycles. The van der Waals surface area contributed by atoms with Crippen molar-refractivity contribution in [3.05, 3.63) is 24.0 Å². The third-order valence-corrected chi connectivity index (χ3v) is 4.76. The lowest BCUT2D eigenvalue weighted by atomic mass is 10.2. The van der Waals surface area contributed by atoms with Crippen molar-refractivity contribution in [2.75, 3.05) is 0 Å². The van der Waals surface area contributed by atoms with E-state index in [0.29, 0.717) is 5.69 Å². The van der Waals surface area contributed by atoms with E-state index in [1.165, 1.54) is 18.3 Å². The van der Waals surface area contributed by atoms with Crippen LogP contribution in [-0.2, 0) is 14.6 Å². The molecular formula is C10H13NO4S. The molecule has 0 amide bonds. The Hall–Kier alpha value is -1.43. The molecule has 1 aromatic rings. The largest absolute Gasteiger partial charge is 0.480 e. The number of rotatable bonds is 3. The lowest BCUT2D eigenvalue weighted by molar-refractivity contribution is -0.139. The number of carbonyl (C=O) groups is 1. The number of sulfone groups is 1. The molecule has 5 nitrogen and oxygen atoms in total. The Bertz CT molecular complexity index is 502. The molecule has 1 aromatic heterocycles. The maximum absolute atomic E-state index is 12.0. The maximum atomic E-state index is 12.0. The first kappa shape index (κ1) is 12.6. The predicted octanol–water partition coefficient (Wildman–Crippen LogP) is 1.03. The molecule has 0 radical (unpaired) electrons. The summed E-state index contributed by atoms with van der Waals surface area (Å²) < 4.78 is 22.1. The van der Waals surface area contributed by atoms with E-state index in [0.717, 1.165) is 13.8 Å². The van der Waals surface area contributed by atoms with Crippen LogP contribution in [-0.4, -0.2) is 29.2 Å². The van der Waals surface area contributed by atoms with Gasteiger partial charge in [-0.2, -0.15) is 0 Å². The van der Waals surface area contributed by atoms with Crippen LogP contribution in [0, 0.1) is 6.92 Å². The van der Waals surface area contributed by atoms with Gasteiger partial charge in [-0.15, -0.1) is 0 Å². The Morgan fingerprint density at radius 3 is 2.31 bits per heavy atom. The molecule has 16 heavy (non-hydrogen) atoms. The molecule has 0 aliphatic heterocycles. The molecule has 0 aromatic carbocycles. The molecule has 0 aliphatic rings. The Morgan fingerprint density at radius 2 is 1.94 bits per heavy atom. The predicted molar refractivity (Wildman–Crippen MR) is 57.9 cm³/mol. The van der Waals surface area contributed by atoms with Crippen LogP contribution in [0.3, 0.4) is 0 Å². The molecule has 0 bridgehead atoms. The molecular weight excluding hydrogens is 230 g/mol. The third kappa shape index (κ3) is 1.92. The van der Waals surface area contributed by atoms with Crippen molar-refractivity contribution < 1.29 is 18.3 Å². The van der Waals surface area contributed by atoms with Gasteiger partial charge in [0.15, 0.2) is 14.6 Å². The number of carboxylic acids is 1. The molecule has 88 valence electrons. The second kappa shape index (κ2) is 3.86. The van der Waals surface area contributed by atoms with Crippen LogP contribution < -0.4 is 0 Å². The minimum Gasteiger partial charge on any atom is -0.480 e. The highest BCUT2D eigenvalue weighted by molar-refractivity contribution is 7.93. The number of hydrogen-bond acceptors (Lipinski definition) is 4. The number of aliphatic carboxylic acids is 1. The van der Waals surface area contributed by atoms with Gasteiger partial charge in [0, 0.05) is 11.9 Å². The van der Waals surface area contributed by atoms with Gasteiger partial charge < -0.3 is 5.11 Å². The normalized spacial score (nSPS) is 12.4. The van der Waals surface area contributed by atoms with Gasteiger partial charge in [0.1, 0.15) is 0 Å². The number of hydrogen-bond donors (Lipinski definition) is 1. The fourth-order valence-electron chi connectivity index (χ4n) is 1.02. The molecule has 0 spiro atoms. The van der Waals surface area contributed by atoms with E-state index in [9.17, 15) is 13.2 Å². The molecule has 1 heterocycles. The summed E-state index contributed by atoms with van der Waals surface area (Å²) in [5, 5.41) is 8.89. The number of pyridine rings is 1. The quantitative estimate of drug-likeness (QED) is 0.857. The summed E-state index contributed by atoms with van der Waals surface area (Å²) in [7, 11) is -3.92. The van der Waals surface area contributed by atoms with Crippen LogP contribution in [0.2, 0.25) is 0 Å². The summed E-state index contributed by atoms with van der Waals surface area (Å²) in [6.45, 7) is 4.04. The summed E-state index contributed by atoms with van der Waals surface area (Å²) >= 11 is 0. The molecule has 0 unspecified atom stereocenters. The van der Waals surface area contributed by atoms with Gasteiger partial charge in [0.2, 0.25) is 0 Å². The molecule has 0 atom stereocenters. The van der Waals surface area contributed by atoms with Crippen molar-refractivity contribution >= 4 is 15.8 Å². The van der Waals surface area contributed by atoms with Crippen molar-refractivity contribution in [1.82, 2.24) is 4.98 Å². The Labute approximate surface area is 94.1 Å². The summed E-state index contributed by atoms with van der Waals surface area (Å²) in [5.74, 6) is -1.38. The molecule has 1 rings (SSSR count). The zero-order valence-corrected chi connectivity index (χ0v) is 10.1. The Kier molecular flexibility index (Phi) is 3.05. The standard InChI is InChI=1S/C10H13NO4S/c1-7-4-5-8(6-11-7)16(14,15)10(2,3)9(12)13/h4-6H,1-3H3,(H,12,13). The fourth-order valence-corrected chi connectivity index (χ4v) is 2.28. The van der Waals surface area contributed by atoms with Crippen LogP contribution in [0.4, 0.5) is 0 Å². The van der Waals surface area contributed by atoms with Gasteiger partial charge in [-0.3, -0.25) is 9.78 Å². The maximum Gasteiger partial charge on any atom is 0.324 e. The highest BCUT2D eigenvalue weighted by atomic mass is 32.2. The van der Waals surface area contributed by atoms with Crippen molar-refractivity contribution in [2.45, 2.75) is 30.4 Å². The number of nitrogens with zero attached hydrogens (tertiary/aromatic N) is 1. The van der Waals surface area contributed by atoms with Crippen molar-refractivity contribution in [3.8, 4) is 0 Å². The van der Waals surface area contributed by atoms with Gasteiger partial charge in [0.25, 0.3) is 0 Å². The zero-order valence-electron chi connectivity index (χ0n) is 9.26. The summed E-state index contributed by atoms with van der Waals surface area (Å²) in [6, 6.07) is 2.90. The topological polar surface area (TPSA) is 84.3 Å². The lowest BCUT2D eigenvalue weighted by Gasteiger charge is -2.19. The van der Waals surface area contributed by atoms with Crippen LogP contribution >= 0.6 is 0 Å². The van der Waals surface area contributed by atoms with E-state index in [2.05, 4.69) is 4.98 Å². The van der Waals surface area contributed by atoms with Gasteiger partial charge in [-0.05, 0) is 32.9 Å². The second-order valence-corrected chi connectivity index (χ2v) is 6.45. The van der Waals surface area contributed by atoms with Gasteiger partial charge >= 0.3 is 5.97 Å². The molecule has 0 fully saturated rings. The van der Waals surface area contributed by atoms with Crippen LogP contribution in [0.15, 0.2) is 23.2 Å². The minimum atomic E-state index is -3.92. The van der Waals surface area contributed by atoms with E-state index in [1.54, 1.807) is 6.92 Å². The van der Waals surface area contributed by atoms with Crippen molar-refractivity contribution in [2.24, 2.45) is 0 Å². The minimum absolute atomic E-state index is 0.0782. The SMILES string of the molecule is Cc1ccc(S(=O)(=O)C(C)(C)C(=O)O)cn1. The molecule has 6 heteroatoms. The van der Waals surface area contributed by atoms with Gasteiger partial charge in [-0.25, -0.2) is 8.42 Å². The van der Waals surface area contributed by atoms with Crippen molar-refractivity contribution in [3.63, 3.8) is 0 Å². The van der Waals surface area contributed by atoms with E-state index >= 15 is 0 Å². The second-order valence-electron chi connectivity index (χ2n) is 3.95. The Morgan fingerprint density at radius 1 is 1.38 bits per heavy atom. The van der Waals surface area contributed by atoms with E-state index < -0.39 is 20.6 Å². The summed E-state index contributed by atoms with van der Waals surface area (Å²) in [5.41, 5.74) is 0.673. The van der Waals surface area contributed by atoms with Crippen LogP contribution in [0.1, 0.15) is 19.5 Å². The van der Waals surface area contributed by atoms with E-state index in [1.807, 2.05) is 0 Å². The van der Waals surface area contributed by atoms with Crippen LogP contribution in [0.25, 0.3) is 0 Å². The first-order valence-corrected chi connectivity index (χ1v) is 6.08. The van der Waals surface area contributed by atoms with Gasteiger partial charge in [-0.1, -0.05) is 0 Å². The summed E-state index contributed by atoms with van der Waals surface area (Å²) in [6.07, 6.45) is 1.18. The molecule has 0 saturated carbocycles. The average Bonchev–Trinajstić information content (AvgIpc) is 2.17. The number of aryl methyl sites for hydroxylation is 1. The highest BCUT2D eigenvalue weighted by Gasteiger charge is 2.43. The molecule has 0 saturated heterocycles. The molecule has 1 N–H and O–H groups in total. The summed E-state index contributed by atoms with van der Waals surface area (Å²) in [4.78, 5) is 14.7.